The van der Waals surface area contributed by atoms with Crippen molar-refractivity contribution in [2.45, 2.75) is 58.0 Å². The summed E-state index contributed by atoms with van der Waals surface area (Å²) in [4.78, 5) is 28.0. The van der Waals surface area contributed by atoms with E-state index in [0.717, 1.165) is 24.8 Å². The molecule has 0 aliphatic rings. The Morgan fingerprint density at radius 2 is 1.68 bits per heavy atom. The minimum Gasteiger partial charge on any atom is -0.354 e. The molecule has 1 aromatic heterocycles. The fraction of sp³-hybridized carbons (Fsp3) is 0.500. The van der Waals surface area contributed by atoms with Gasteiger partial charge in [0.15, 0.2) is 0 Å². The molecule has 31 heavy (non-hydrogen) atoms. The van der Waals surface area contributed by atoms with Gasteiger partial charge < -0.3 is 22.1 Å². The van der Waals surface area contributed by atoms with E-state index in [9.17, 15) is 9.59 Å². The smallest absolute Gasteiger partial charge is 0.242 e. The minimum atomic E-state index is -0.656. The van der Waals surface area contributed by atoms with Crippen molar-refractivity contribution in [2.24, 2.45) is 17.4 Å². The number of nitrogens with two attached hydrogens (primary N) is 2. The quantitative estimate of drug-likeness (QED) is 0.380. The second-order valence-electron chi connectivity index (χ2n) is 8.29. The molecule has 2 amide bonds. The summed E-state index contributed by atoms with van der Waals surface area (Å²) in [5, 5.41) is 5.84. The molecule has 0 aliphatic carbocycles. The maximum absolute atomic E-state index is 12.9. The van der Waals surface area contributed by atoms with E-state index in [0.29, 0.717) is 31.8 Å². The monoisotopic (exact) mass is 444 g/mol. The number of hydrogen-bond acceptors (Lipinski definition) is 5. The van der Waals surface area contributed by atoms with Crippen LogP contribution in [-0.2, 0) is 28.9 Å². The van der Waals surface area contributed by atoms with Gasteiger partial charge in [-0.25, -0.2) is 0 Å². The summed E-state index contributed by atoms with van der Waals surface area (Å²) < 4.78 is 0. The molecular weight excluding hydrogens is 408 g/mol. The van der Waals surface area contributed by atoms with Gasteiger partial charge in [-0.3, -0.25) is 9.59 Å². The predicted molar refractivity (Wildman–Crippen MR) is 128 cm³/mol. The number of benzene rings is 1. The van der Waals surface area contributed by atoms with Gasteiger partial charge in [-0.2, -0.15) is 0 Å². The van der Waals surface area contributed by atoms with E-state index in [1.54, 1.807) is 11.3 Å². The van der Waals surface area contributed by atoms with Gasteiger partial charge in [0.2, 0.25) is 11.8 Å². The Kier molecular flexibility index (Phi) is 10.7. The van der Waals surface area contributed by atoms with Crippen molar-refractivity contribution in [3.63, 3.8) is 0 Å². The molecule has 0 saturated carbocycles. The zero-order chi connectivity index (χ0) is 22.6. The van der Waals surface area contributed by atoms with Crippen LogP contribution in [0.2, 0.25) is 0 Å². The predicted octanol–water partition coefficient (Wildman–Crippen LogP) is 2.40. The summed E-state index contributed by atoms with van der Waals surface area (Å²) in [7, 11) is 0. The fourth-order valence-corrected chi connectivity index (χ4v) is 4.41. The molecular formula is C24H36N4O2S. The Balaban J connectivity index is 1.93. The number of amides is 2. The lowest BCUT2D eigenvalue weighted by atomic mass is 10.0. The zero-order valence-corrected chi connectivity index (χ0v) is 19.4. The average molecular weight is 445 g/mol. The molecule has 0 spiro atoms. The topological polar surface area (TPSA) is 110 Å². The fourth-order valence-electron chi connectivity index (χ4n) is 3.35. The highest BCUT2D eigenvalue weighted by Crippen LogP contribution is 2.18. The lowest BCUT2D eigenvalue weighted by molar-refractivity contribution is -0.129. The van der Waals surface area contributed by atoms with E-state index in [1.165, 1.54) is 9.75 Å². The Morgan fingerprint density at radius 1 is 1.00 bits per heavy atom. The summed E-state index contributed by atoms with van der Waals surface area (Å²) >= 11 is 1.76. The Bertz CT molecular complexity index is 807. The largest absolute Gasteiger partial charge is 0.354 e. The second-order valence-corrected chi connectivity index (χ2v) is 9.54. The van der Waals surface area contributed by atoms with Crippen LogP contribution in [0.15, 0.2) is 42.5 Å². The highest BCUT2D eigenvalue weighted by Gasteiger charge is 2.24. The number of carbonyl (C=O) groups is 2. The normalized spacial score (nSPS) is 13.1. The van der Waals surface area contributed by atoms with E-state index in [2.05, 4.69) is 22.8 Å². The van der Waals surface area contributed by atoms with Crippen LogP contribution in [0.25, 0.3) is 0 Å². The molecule has 0 unspecified atom stereocenters. The first-order chi connectivity index (χ1) is 14.9. The van der Waals surface area contributed by atoms with Gasteiger partial charge in [-0.1, -0.05) is 44.2 Å². The number of thiophene rings is 1. The van der Waals surface area contributed by atoms with Crippen molar-refractivity contribution in [3.05, 3.63) is 57.8 Å². The van der Waals surface area contributed by atoms with Gasteiger partial charge in [0, 0.05) is 22.7 Å². The summed E-state index contributed by atoms with van der Waals surface area (Å²) in [6.07, 6.45) is 3.75. The highest BCUT2D eigenvalue weighted by atomic mass is 32.1. The van der Waals surface area contributed by atoms with Crippen LogP contribution in [0, 0.1) is 5.92 Å². The van der Waals surface area contributed by atoms with Crippen LogP contribution < -0.4 is 22.1 Å². The molecule has 2 aromatic rings. The van der Waals surface area contributed by atoms with Crippen molar-refractivity contribution in [3.8, 4) is 0 Å². The molecule has 2 rings (SSSR count). The van der Waals surface area contributed by atoms with Gasteiger partial charge >= 0.3 is 0 Å². The summed E-state index contributed by atoms with van der Waals surface area (Å²) in [5.74, 6) is -0.163. The zero-order valence-electron chi connectivity index (χ0n) is 18.6. The van der Waals surface area contributed by atoms with Crippen molar-refractivity contribution in [1.29, 1.82) is 0 Å². The third-order valence-corrected chi connectivity index (χ3v) is 6.20. The summed E-state index contributed by atoms with van der Waals surface area (Å²) in [6.45, 7) is 5.26. The first kappa shape index (κ1) is 25.0. The molecule has 7 heteroatoms. The highest BCUT2D eigenvalue weighted by molar-refractivity contribution is 7.11. The van der Waals surface area contributed by atoms with Gasteiger partial charge in [0.05, 0.1) is 6.04 Å². The van der Waals surface area contributed by atoms with Crippen LogP contribution in [-0.4, -0.2) is 37.0 Å². The molecule has 170 valence electrons. The minimum absolute atomic E-state index is 0.186. The van der Waals surface area contributed by atoms with Crippen LogP contribution in [0.3, 0.4) is 0 Å². The van der Waals surface area contributed by atoms with E-state index in [1.807, 2.05) is 44.2 Å². The average Bonchev–Trinajstić information content (AvgIpc) is 3.19. The van der Waals surface area contributed by atoms with E-state index in [4.69, 9.17) is 11.5 Å². The van der Waals surface area contributed by atoms with Gasteiger partial charge in [0.25, 0.3) is 0 Å². The third kappa shape index (κ3) is 9.21. The number of aryl methyl sites for hydroxylation is 1. The van der Waals surface area contributed by atoms with E-state index >= 15 is 0 Å². The first-order valence-corrected chi connectivity index (χ1v) is 11.9. The second kappa shape index (κ2) is 13.2. The lowest BCUT2D eigenvalue weighted by Crippen LogP contribution is -2.53. The summed E-state index contributed by atoms with van der Waals surface area (Å²) in [5.41, 5.74) is 12.6. The molecule has 0 saturated heterocycles. The standard InChI is InChI=1S/C24H36N4O2S/c1-17(2)15-21(26)23(29)28-22(16-18-7-4-3-5-8-18)24(30)27-14-12-20-11-10-19(31-20)9-6-13-25/h3-5,7-8,10-11,17,21-22H,6,9,12-16,25-26H2,1-2H3,(H,27,30)(H,28,29)/t21-,22+/m0/s1. The van der Waals surface area contributed by atoms with Gasteiger partial charge in [0.1, 0.15) is 6.04 Å². The molecule has 1 aromatic carbocycles. The molecule has 2 atom stereocenters. The maximum Gasteiger partial charge on any atom is 0.242 e. The molecule has 0 radical (unpaired) electrons. The molecule has 0 fully saturated rings. The van der Waals surface area contributed by atoms with E-state index in [-0.39, 0.29) is 11.8 Å². The van der Waals surface area contributed by atoms with Crippen molar-refractivity contribution in [1.82, 2.24) is 10.6 Å². The molecule has 6 N–H and O–H groups in total. The number of rotatable bonds is 13. The SMILES string of the molecule is CC(C)C[C@H](N)C(=O)N[C@H](Cc1ccccc1)C(=O)NCCc1ccc(CCCN)s1. The molecule has 1 heterocycles. The van der Waals surface area contributed by atoms with Crippen LogP contribution in [0.1, 0.15) is 42.0 Å². The van der Waals surface area contributed by atoms with Gasteiger partial charge in [-0.15, -0.1) is 11.3 Å². The lowest BCUT2D eigenvalue weighted by Gasteiger charge is -2.21. The van der Waals surface area contributed by atoms with Crippen LogP contribution in [0.5, 0.6) is 0 Å². The maximum atomic E-state index is 12.9. The van der Waals surface area contributed by atoms with Crippen molar-refractivity contribution < 1.29 is 9.59 Å². The number of nitrogens with one attached hydrogen (secondary N) is 2. The molecule has 0 bridgehead atoms. The number of hydrogen-bond donors (Lipinski definition) is 4. The Morgan fingerprint density at radius 3 is 2.32 bits per heavy atom. The molecule has 0 aliphatic heterocycles. The van der Waals surface area contributed by atoms with Crippen molar-refractivity contribution in [2.75, 3.05) is 13.1 Å². The Labute approximate surface area is 189 Å². The van der Waals surface area contributed by atoms with E-state index < -0.39 is 12.1 Å². The summed E-state index contributed by atoms with van der Waals surface area (Å²) in [6, 6.07) is 12.7. The van der Waals surface area contributed by atoms with Crippen molar-refractivity contribution >= 4 is 23.2 Å². The molecule has 6 nitrogen and oxygen atoms in total. The van der Waals surface area contributed by atoms with Crippen LogP contribution in [0.4, 0.5) is 0 Å². The third-order valence-electron chi connectivity index (χ3n) is 4.99. The van der Waals surface area contributed by atoms with Crippen LogP contribution >= 0.6 is 11.3 Å². The number of carbonyl (C=O) groups excluding carboxylic acids is 2. The first-order valence-electron chi connectivity index (χ1n) is 11.0. The Hall–Kier alpha value is -2.22. The van der Waals surface area contributed by atoms with Gasteiger partial charge in [-0.05, 0) is 55.8 Å².